The number of aromatic nitrogens is 1. The van der Waals surface area contributed by atoms with Crippen LogP contribution in [0, 0.1) is 5.41 Å². The van der Waals surface area contributed by atoms with Crippen molar-refractivity contribution in [2.24, 2.45) is 5.41 Å². The molecule has 8 nitrogen and oxygen atoms in total. The van der Waals surface area contributed by atoms with Crippen molar-refractivity contribution in [2.75, 3.05) is 23.4 Å². The summed E-state index contributed by atoms with van der Waals surface area (Å²) < 4.78 is 12.3. The third-order valence-corrected chi connectivity index (χ3v) is 5.13. The number of para-hydroxylation sites is 2. The van der Waals surface area contributed by atoms with Crippen LogP contribution in [0.5, 0.6) is 5.75 Å². The van der Waals surface area contributed by atoms with Gasteiger partial charge >= 0.3 is 5.76 Å². The largest absolute Gasteiger partial charge is 0.490 e. The highest BCUT2D eigenvalue weighted by atomic mass is 16.5. The van der Waals surface area contributed by atoms with Gasteiger partial charge in [0.05, 0.1) is 16.6 Å². The lowest BCUT2D eigenvalue weighted by Crippen LogP contribution is -2.42. The van der Waals surface area contributed by atoms with E-state index in [1.165, 1.54) is 4.57 Å². The second-order valence-electron chi connectivity index (χ2n) is 8.03. The van der Waals surface area contributed by atoms with E-state index in [2.05, 4.69) is 11.9 Å². The number of carbonyl (C=O) groups excluding carboxylic acids is 2. The number of anilines is 2. The summed E-state index contributed by atoms with van der Waals surface area (Å²) in [6.07, 6.45) is 1.66. The van der Waals surface area contributed by atoms with E-state index in [1.54, 1.807) is 53.4 Å². The average Bonchev–Trinajstić information content (AvgIpc) is 3.01. The van der Waals surface area contributed by atoms with Gasteiger partial charge in [0.1, 0.15) is 18.9 Å². The SMILES string of the molecule is C=CCN1C(=O)C(C)(C)COc2cc(NC(=O)Cn3c(=O)oc4ccccc43)ccc21. The van der Waals surface area contributed by atoms with Gasteiger partial charge in [-0.15, -0.1) is 6.58 Å². The molecule has 3 aromatic rings. The normalized spacial score (nSPS) is 15.2. The third-order valence-electron chi connectivity index (χ3n) is 5.13. The van der Waals surface area contributed by atoms with Gasteiger partial charge in [0.25, 0.3) is 0 Å². The first kappa shape index (κ1) is 20.5. The lowest BCUT2D eigenvalue weighted by Gasteiger charge is -2.27. The van der Waals surface area contributed by atoms with Gasteiger partial charge in [-0.2, -0.15) is 0 Å². The zero-order chi connectivity index (χ0) is 22.2. The van der Waals surface area contributed by atoms with Crippen molar-refractivity contribution in [1.29, 1.82) is 0 Å². The topological polar surface area (TPSA) is 93.8 Å². The Morgan fingerprint density at radius 3 is 2.77 bits per heavy atom. The zero-order valence-electron chi connectivity index (χ0n) is 17.4. The summed E-state index contributed by atoms with van der Waals surface area (Å²) in [5.74, 6) is -0.553. The van der Waals surface area contributed by atoms with Crippen LogP contribution in [0.4, 0.5) is 11.4 Å². The molecule has 0 radical (unpaired) electrons. The van der Waals surface area contributed by atoms with E-state index in [9.17, 15) is 14.4 Å². The molecule has 1 aromatic heterocycles. The van der Waals surface area contributed by atoms with Crippen molar-refractivity contribution < 1.29 is 18.7 Å². The molecule has 1 aliphatic heterocycles. The average molecular weight is 421 g/mol. The Morgan fingerprint density at radius 2 is 2.00 bits per heavy atom. The maximum absolute atomic E-state index is 12.9. The smallest absolute Gasteiger partial charge is 0.420 e. The highest BCUT2D eigenvalue weighted by Gasteiger charge is 2.37. The standard InChI is InChI=1S/C23H23N3O5/c1-4-11-25-17-10-9-15(12-19(17)30-14-23(2,3)21(25)28)24-20(27)13-26-16-7-5-6-8-18(16)31-22(26)29/h4-10,12H,1,11,13-14H2,2-3H3,(H,24,27). The molecular formula is C23H23N3O5. The Hall–Kier alpha value is -3.81. The summed E-state index contributed by atoms with van der Waals surface area (Å²) in [4.78, 5) is 39.2. The molecule has 8 heteroatoms. The van der Waals surface area contributed by atoms with Crippen LogP contribution in [0.3, 0.4) is 0 Å². The van der Waals surface area contributed by atoms with Gasteiger partial charge in [0.15, 0.2) is 5.58 Å². The van der Waals surface area contributed by atoms with E-state index < -0.39 is 11.2 Å². The number of oxazole rings is 1. The fourth-order valence-electron chi connectivity index (χ4n) is 3.54. The molecule has 1 N–H and O–H groups in total. The fourth-order valence-corrected chi connectivity index (χ4v) is 3.54. The molecule has 2 amide bonds. The Morgan fingerprint density at radius 1 is 1.23 bits per heavy atom. The predicted molar refractivity (Wildman–Crippen MR) is 117 cm³/mol. The van der Waals surface area contributed by atoms with Crippen molar-refractivity contribution in [3.05, 3.63) is 65.7 Å². The predicted octanol–water partition coefficient (Wildman–Crippen LogP) is 3.17. The first-order valence-electron chi connectivity index (χ1n) is 9.88. The van der Waals surface area contributed by atoms with Crippen LogP contribution in [0.1, 0.15) is 13.8 Å². The molecule has 0 bridgehead atoms. The minimum Gasteiger partial charge on any atom is -0.490 e. The summed E-state index contributed by atoms with van der Waals surface area (Å²) in [6, 6.07) is 12.0. The summed E-state index contributed by atoms with van der Waals surface area (Å²) in [5, 5.41) is 2.78. The van der Waals surface area contributed by atoms with E-state index in [1.807, 2.05) is 13.8 Å². The van der Waals surface area contributed by atoms with Crippen LogP contribution < -0.4 is 20.7 Å². The van der Waals surface area contributed by atoms with E-state index in [-0.39, 0.29) is 25.0 Å². The lowest BCUT2D eigenvalue weighted by molar-refractivity contribution is -0.127. The van der Waals surface area contributed by atoms with E-state index in [4.69, 9.17) is 9.15 Å². The number of fused-ring (bicyclic) bond motifs is 2. The number of hydrogen-bond donors (Lipinski definition) is 1. The van der Waals surface area contributed by atoms with Crippen LogP contribution in [0.15, 0.2) is 64.3 Å². The van der Waals surface area contributed by atoms with Gasteiger partial charge in [-0.05, 0) is 38.1 Å². The molecule has 0 atom stereocenters. The van der Waals surface area contributed by atoms with Gasteiger partial charge < -0.3 is 19.4 Å². The first-order chi connectivity index (χ1) is 14.8. The molecule has 160 valence electrons. The number of benzene rings is 2. The molecule has 0 saturated carbocycles. The highest BCUT2D eigenvalue weighted by molar-refractivity contribution is 6.00. The van der Waals surface area contributed by atoms with Gasteiger partial charge in [-0.25, -0.2) is 4.79 Å². The number of nitrogens with one attached hydrogen (secondary N) is 1. The molecule has 0 unspecified atom stereocenters. The molecule has 0 spiro atoms. The van der Waals surface area contributed by atoms with Crippen LogP contribution in [-0.4, -0.2) is 29.5 Å². The zero-order valence-corrected chi connectivity index (χ0v) is 17.4. The third kappa shape index (κ3) is 3.84. The minimum absolute atomic E-state index is 0.0610. The molecule has 0 fully saturated rings. The van der Waals surface area contributed by atoms with Crippen LogP contribution >= 0.6 is 0 Å². The highest BCUT2D eigenvalue weighted by Crippen LogP contribution is 2.38. The second-order valence-corrected chi connectivity index (χ2v) is 8.03. The second kappa shape index (κ2) is 7.79. The van der Waals surface area contributed by atoms with Crippen molar-refractivity contribution in [3.63, 3.8) is 0 Å². The minimum atomic E-state index is -0.699. The Kier molecular flexibility index (Phi) is 5.14. The lowest BCUT2D eigenvalue weighted by atomic mass is 9.93. The Bertz CT molecular complexity index is 1240. The number of carbonyl (C=O) groups is 2. The number of hydrogen-bond acceptors (Lipinski definition) is 5. The van der Waals surface area contributed by atoms with Gasteiger partial charge in [-0.1, -0.05) is 18.2 Å². The molecule has 31 heavy (non-hydrogen) atoms. The molecule has 2 aromatic carbocycles. The van der Waals surface area contributed by atoms with Crippen LogP contribution in [0.25, 0.3) is 11.1 Å². The summed E-state index contributed by atoms with van der Waals surface area (Å²) in [7, 11) is 0. The number of ether oxygens (including phenoxy) is 1. The number of amides is 2. The molecule has 4 rings (SSSR count). The fraction of sp³-hybridized carbons (Fsp3) is 0.261. The molecule has 2 heterocycles. The van der Waals surface area contributed by atoms with Gasteiger partial charge in [-0.3, -0.25) is 14.2 Å². The summed E-state index contributed by atoms with van der Waals surface area (Å²) in [6.45, 7) is 7.75. The molecule has 0 saturated heterocycles. The van der Waals surface area contributed by atoms with E-state index in [0.717, 1.165) is 0 Å². The molecular weight excluding hydrogens is 398 g/mol. The Labute approximate surface area is 178 Å². The van der Waals surface area contributed by atoms with Crippen molar-refractivity contribution >= 4 is 34.3 Å². The Balaban J connectivity index is 1.58. The van der Waals surface area contributed by atoms with E-state index >= 15 is 0 Å². The van der Waals surface area contributed by atoms with Gasteiger partial charge in [0, 0.05) is 18.3 Å². The number of rotatable bonds is 5. The monoisotopic (exact) mass is 421 g/mol. The van der Waals surface area contributed by atoms with Crippen LogP contribution in [0.2, 0.25) is 0 Å². The molecule has 1 aliphatic rings. The van der Waals surface area contributed by atoms with E-state index in [0.29, 0.717) is 34.8 Å². The molecule has 0 aliphatic carbocycles. The maximum Gasteiger partial charge on any atom is 0.420 e. The van der Waals surface area contributed by atoms with Gasteiger partial charge in [0.2, 0.25) is 11.8 Å². The van der Waals surface area contributed by atoms with Crippen molar-refractivity contribution in [1.82, 2.24) is 4.57 Å². The van der Waals surface area contributed by atoms with Crippen LogP contribution in [-0.2, 0) is 16.1 Å². The quantitative estimate of drug-likeness (QED) is 0.639. The number of nitrogens with zero attached hydrogens (tertiary/aromatic N) is 2. The first-order valence-corrected chi connectivity index (χ1v) is 9.88. The van der Waals surface area contributed by atoms with Crippen molar-refractivity contribution in [3.8, 4) is 5.75 Å². The maximum atomic E-state index is 12.9. The van der Waals surface area contributed by atoms with Crippen molar-refractivity contribution in [2.45, 2.75) is 20.4 Å². The summed E-state index contributed by atoms with van der Waals surface area (Å²) >= 11 is 0. The summed E-state index contributed by atoms with van der Waals surface area (Å²) in [5.41, 5.74) is 1.39.